The second-order valence-corrected chi connectivity index (χ2v) is 4.90. The van der Waals surface area contributed by atoms with Crippen molar-refractivity contribution < 1.29 is 4.79 Å². The van der Waals surface area contributed by atoms with E-state index in [1.165, 1.54) is 25.7 Å². The van der Waals surface area contributed by atoms with Crippen LogP contribution in [0.1, 0.15) is 52.9 Å². The molecule has 0 spiro atoms. The quantitative estimate of drug-likeness (QED) is 0.517. The van der Waals surface area contributed by atoms with E-state index in [1.807, 2.05) is 0 Å². The SMILES string of the molecule is C=CN(C=O)CCCC(C)CC(C)CCC. The molecule has 0 N–H and O–H groups in total. The lowest BCUT2D eigenvalue weighted by Gasteiger charge is -2.18. The Hall–Kier alpha value is -0.790. The van der Waals surface area contributed by atoms with Crippen molar-refractivity contribution in [2.75, 3.05) is 6.54 Å². The molecule has 2 atom stereocenters. The first-order valence-corrected chi connectivity index (χ1v) is 6.47. The van der Waals surface area contributed by atoms with E-state index in [0.717, 1.165) is 31.2 Å². The molecule has 2 unspecified atom stereocenters. The average molecular weight is 225 g/mol. The van der Waals surface area contributed by atoms with E-state index in [0.29, 0.717) is 0 Å². The van der Waals surface area contributed by atoms with Crippen molar-refractivity contribution in [1.29, 1.82) is 0 Å². The van der Waals surface area contributed by atoms with Crippen molar-refractivity contribution in [3.05, 3.63) is 12.8 Å². The van der Waals surface area contributed by atoms with Crippen molar-refractivity contribution in [2.45, 2.75) is 52.9 Å². The maximum atomic E-state index is 10.5. The van der Waals surface area contributed by atoms with Crippen molar-refractivity contribution in [3.63, 3.8) is 0 Å². The molecule has 0 saturated heterocycles. The minimum Gasteiger partial charge on any atom is -0.322 e. The lowest BCUT2D eigenvalue weighted by Crippen LogP contribution is -2.16. The van der Waals surface area contributed by atoms with Crippen molar-refractivity contribution in [3.8, 4) is 0 Å². The van der Waals surface area contributed by atoms with Crippen LogP contribution in [0.3, 0.4) is 0 Å². The highest BCUT2D eigenvalue weighted by atomic mass is 16.1. The fraction of sp³-hybridized carbons (Fsp3) is 0.786. The molecule has 0 heterocycles. The number of rotatable bonds is 10. The first-order chi connectivity index (χ1) is 7.63. The summed E-state index contributed by atoms with van der Waals surface area (Å²) in [5, 5.41) is 0. The van der Waals surface area contributed by atoms with Gasteiger partial charge in [0.1, 0.15) is 0 Å². The first kappa shape index (κ1) is 15.2. The van der Waals surface area contributed by atoms with Gasteiger partial charge >= 0.3 is 0 Å². The summed E-state index contributed by atoms with van der Waals surface area (Å²) in [7, 11) is 0. The maximum Gasteiger partial charge on any atom is 0.213 e. The highest BCUT2D eigenvalue weighted by Gasteiger charge is 2.08. The van der Waals surface area contributed by atoms with Gasteiger partial charge in [0.2, 0.25) is 6.41 Å². The van der Waals surface area contributed by atoms with E-state index >= 15 is 0 Å². The number of carbonyl (C=O) groups excluding carboxylic acids is 1. The fourth-order valence-electron chi connectivity index (χ4n) is 2.22. The van der Waals surface area contributed by atoms with Crippen LogP contribution >= 0.6 is 0 Å². The summed E-state index contributed by atoms with van der Waals surface area (Å²) in [6, 6.07) is 0. The van der Waals surface area contributed by atoms with E-state index in [-0.39, 0.29) is 0 Å². The molecule has 2 nitrogen and oxygen atoms in total. The molecule has 0 rings (SSSR count). The number of nitrogens with zero attached hydrogens (tertiary/aromatic N) is 1. The molecule has 0 saturated carbocycles. The Morgan fingerprint density at radius 3 is 2.38 bits per heavy atom. The summed E-state index contributed by atoms with van der Waals surface area (Å²) < 4.78 is 0. The summed E-state index contributed by atoms with van der Waals surface area (Å²) in [5.74, 6) is 1.60. The molecule has 1 amide bonds. The minimum atomic E-state index is 0.764. The van der Waals surface area contributed by atoms with Crippen molar-refractivity contribution in [2.24, 2.45) is 11.8 Å². The largest absolute Gasteiger partial charge is 0.322 e. The Bertz CT molecular complexity index is 183. The van der Waals surface area contributed by atoms with Crippen LogP contribution < -0.4 is 0 Å². The molecule has 94 valence electrons. The zero-order valence-corrected chi connectivity index (χ0v) is 11.1. The number of hydrogen-bond donors (Lipinski definition) is 0. The zero-order valence-electron chi connectivity index (χ0n) is 11.1. The van der Waals surface area contributed by atoms with Crippen LogP contribution in [-0.2, 0) is 4.79 Å². The second kappa shape index (κ2) is 9.44. The Morgan fingerprint density at radius 2 is 1.88 bits per heavy atom. The molecule has 0 aliphatic heterocycles. The van der Waals surface area contributed by atoms with Gasteiger partial charge in [-0.2, -0.15) is 0 Å². The smallest absolute Gasteiger partial charge is 0.213 e. The Morgan fingerprint density at radius 1 is 1.25 bits per heavy atom. The van der Waals surface area contributed by atoms with Gasteiger partial charge in [-0.1, -0.05) is 40.2 Å². The predicted molar refractivity (Wildman–Crippen MR) is 70.1 cm³/mol. The second-order valence-electron chi connectivity index (χ2n) is 4.90. The predicted octanol–water partition coefficient (Wildman–Crippen LogP) is 3.83. The number of carbonyl (C=O) groups is 1. The van der Waals surface area contributed by atoms with Crippen LogP contribution in [0.15, 0.2) is 12.8 Å². The highest BCUT2D eigenvalue weighted by Crippen LogP contribution is 2.20. The third-order valence-electron chi connectivity index (χ3n) is 3.07. The topological polar surface area (TPSA) is 20.3 Å². The Kier molecular flexibility index (Phi) is 8.97. The highest BCUT2D eigenvalue weighted by molar-refractivity contribution is 5.48. The Labute approximate surface area is 101 Å². The monoisotopic (exact) mass is 225 g/mol. The van der Waals surface area contributed by atoms with Crippen LogP contribution in [0.5, 0.6) is 0 Å². The van der Waals surface area contributed by atoms with E-state index in [9.17, 15) is 4.79 Å². The fourth-order valence-corrected chi connectivity index (χ4v) is 2.22. The van der Waals surface area contributed by atoms with Gasteiger partial charge in [0, 0.05) is 6.54 Å². The standard InChI is InChI=1S/C14H27NO/c1-5-8-13(3)11-14(4)9-7-10-15(6-2)12-16/h6,12-14H,2,5,7-11H2,1,3-4H3. The molecular weight excluding hydrogens is 198 g/mol. The van der Waals surface area contributed by atoms with E-state index < -0.39 is 0 Å². The van der Waals surface area contributed by atoms with Gasteiger partial charge < -0.3 is 4.90 Å². The van der Waals surface area contributed by atoms with Crippen molar-refractivity contribution >= 4 is 6.41 Å². The van der Waals surface area contributed by atoms with Gasteiger partial charge in [-0.3, -0.25) is 4.79 Å². The van der Waals surface area contributed by atoms with Gasteiger partial charge in [0.05, 0.1) is 0 Å². The summed E-state index contributed by atoms with van der Waals surface area (Å²) >= 11 is 0. The van der Waals surface area contributed by atoms with Gasteiger partial charge in [-0.05, 0) is 37.3 Å². The molecule has 0 radical (unpaired) electrons. The molecule has 0 aromatic rings. The molecule has 2 heteroatoms. The summed E-state index contributed by atoms with van der Waals surface area (Å²) in [6.07, 6.45) is 8.63. The summed E-state index contributed by atoms with van der Waals surface area (Å²) in [6.45, 7) is 11.3. The van der Waals surface area contributed by atoms with E-state index in [1.54, 1.807) is 11.1 Å². The van der Waals surface area contributed by atoms with Crippen LogP contribution in [0.2, 0.25) is 0 Å². The molecule has 0 aliphatic carbocycles. The number of hydrogen-bond acceptors (Lipinski definition) is 1. The minimum absolute atomic E-state index is 0.764. The van der Waals surface area contributed by atoms with Crippen LogP contribution in [0.25, 0.3) is 0 Å². The summed E-state index contributed by atoms with van der Waals surface area (Å²) in [5.41, 5.74) is 0. The van der Waals surface area contributed by atoms with Gasteiger partial charge in [-0.15, -0.1) is 0 Å². The van der Waals surface area contributed by atoms with Crippen LogP contribution in [-0.4, -0.2) is 17.9 Å². The van der Waals surface area contributed by atoms with E-state index in [2.05, 4.69) is 27.4 Å². The van der Waals surface area contributed by atoms with Gasteiger partial charge in [0.15, 0.2) is 0 Å². The van der Waals surface area contributed by atoms with E-state index in [4.69, 9.17) is 0 Å². The molecule has 0 fully saturated rings. The normalized spacial score (nSPS) is 14.2. The lowest BCUT2D eigenvalue weighted by molar-refractivity contribution is -0.116. The molecule has 0 aliphatic rings. The number of amides is 1. The average Bonchev–Trinajstić information content (AvgIpc) is 2.24. The summed E-state index contributed by atoms with van der Waals surface area (Å²) in [4.78, 5) is 12.1. The molecule has 0 aromatic carbocycles. The molecule has 16 heavy (non-hydrogen) atoms. The molecule has 0 aromatic heterocycles. The first-order valence-electron chi connectivity index (χ1n) is 6.47. The lowest BCUT2D eigenvalue weighted by atomic mass is 9.91. The maximum absolute atomic E-state index is 10.5. The molecule has 0 bridgehead atoms. The van der Waals surface area contributed by atoms with Crippen LogP contribution in [0, 0.1) is 11.8 Å². The molecular formula is C14H27NO. The van der Waals surface area contributed by atoms with Gasteiger partial charge in [0.25, 0.3) is 0 Å². The van der Waals surface area contributed by atoms with Crippen molar-refractivity contribution in [1.82, 2.24) is 4.90 Å². The third kappa shape index (κ3) is 7.49. The van der Waals surface area contributed by atoms with Gasteiger partial charge in [-0.25, -0.2) is 0 Å². The Balaban J connectivity index is 3.60. The van der Waals surface area contributed by atoms with Crippen LogP contribution in [0.4, 0.5) is 0 Å². The third-order valence-corrected chi connectivity index (χ3v) is 3.07. The zero-order chi connectivity index (χ0) is 12.4.